The van der Waals surface area contributed by atoms with Gasteiger partial charge in [0.2, 0.25) is 0 Å². The molecule has 0 aliphatic carbocycles. The van der Waals surface area contributed by atoms with Gasteiger partial charge in [-0.2, -0.15) is 0 Å². The number of hydrogen-bond donors (Lipinski definition) is 3. The number of amidine groups is 1. The summed E-state index contributed by atoms with van der Waals surface area (Å²) in [6.07, 6.45) is 1.94. The van der Waals surface area contributed by atoms with Gasteiger partial charge in [-0.15, -0.1) is 0 Å². The fourth-order valence-corrected chi connectivity index (χ4v) is 2.70. The largest absolute Gasteiger partial charge is 0.396 e. The van der Waals surface area contributed by atoms with Gasteiger partial charge < -0.3 is 15.7 Å². The van der Waals surface area contributed by atoms with Crippen molar-refractivity contribution in [3.8, 4) is 0 Å². The Balaban J connectivity index is 2.12. The minimum Gasteiger partial charge on any atom is -0.396 e. The van der Waals surface area contributed by atoms with Crippen LogP contribution in [-0.4, -0.2) is 30.6 Å². The van der Waals surface area contributed by atoms with Gasteiger partial charge in [0, 0.05) is 25.3 Å². The van der Waals surface area contributed by atoms with Crippen molar-refractivity contribution in [1.29, 1.82) is 5.41 Å². The maximum absolute atomic E-state index is 8.95. The first-order valence-corrected chi connectivity index (χ1v) is 6.49. The summed E-state index contributed by atoms with van der Waals surface area (Å²) in [7, 11) is 0. The number of aliphatic hydroxyl groups is 1. The molecule has 18 heavy (non-hydrogen) atoms. The summed E-state index contributed by atoms with van der Waals surface area (Å²) in [5, 5.41) is 17.0. The first-order valence-electron chi connectivity index (χ1n) is 6.11. The molecule has 1 aromatic carbocycles. The highest BCUT2D eigenvalue weighted by atomic mass is 35.5. The van der Waals surface area contributed by atoms with Gasteiger partial charge >= 0.3 is 0 Å². The van der Waals surface area contributed by atoms with E-state index in [0.717, 1.165) is 31.6 Å². The van der Waals surface area contributed by atoms with Crippen molar-refractivity contribution in [3.63, 3.8) is 0 Å². The third-order valence-corrected chi connectivity index (χ3v) is 3.73. The van der Waals surface area contributed by atoms with Crippen molar-refractivity contribution in [2.24, 2.45) is 11.7 Å². The number of halogens is 1. The van der Waals surface area contributed by atoms with Gasteiger partial charge in [-0.25, -0.2) is 0 Å². The van der Waals surface area contributed by atoms with Crippen LogP contribution in [0.2, 0.25) is 5.02 Å². The fourth-order valence-electron chi connectivity index (χ4n) is 2.40. The highest BCUT2D eigenvalue weighted by molar-refractivity contribution is 6.33. The first kappa shape index (κ1) is 13.2. The van der Waals surface area contributed by atoms with E-state index in [2.05, 4.69) is 4.90 Å². The van der Waals surface area contributed by atoms with E-state index in [4.69, 9.17) is 27.9 Å². The number of nitrogens with one attached hydrogen (secondary N) is 1. The molecule has 0 radical (unpaired) electrons. The summed E-state index contributed by atoms with van der Waals surface area (Å²) in [5.41, 5.74) is 7.07. The van der Waals surface area contributed by atoms with E-state index in [9.17, 15) is 0 Å². The Morgan fingerprint density at radius 3 is 2.94 bits per heavy atom. The van der Waals surface area contributed by atoms with Crippen LogP contribution in [0.15, 0.2) is 18.2 Å². The second kappa shape index (κ2) is 5.59. The van der Waals surface area contributed by atoms with Crippen LogP contribution in [-0.2, 0) is 0 Å². The van der Waals surface area contributed by atoms with E-state index in [-0.39, 0.29) is 12.4 Å². The summed E-state index contributed by atoms with van der Waals surface area (Å²) < 4.78 is 0. The third kappa shape index (κ3) is 2.76. The molecule has 4 nitrogen and oxygen atoms in total. The topological polar surface area (TPSA) is 73.3 Å². The summed E-state index contributed by atoms with van der Waals surface area (Å²) in [6, 6.07) is 5.47. The normalized spacial score (nSPS) is 19.2. The molecule has 98 valence electrons. The van der Waals surface area contributed by atoms with Gasteiger partial charge in [0.05, 0.1) is 10.7 Å². The molecule has 0 aromatic heterocycles. The molecule has 0 amide bonds. The molecule has 1 aromatic rings. The van der Waals surface area contributed by atoms with E-state index >= 15 is 0 Å². The maximum atomic E-state index is 8.95. The van der Waals surface area contributed by atoms with Gasteiger partial charge in [-0.05, 0) is 37.0 Å². The van der Waals surface area contributed by atoms with E-state index in [0.29, 0.717) is 16.5 Å². The van der Waals surface area contributed by atoms with Crippen LogP contribution < -0.4 is 10.6 Å². The third-order valence-electron chi connectivity index (χ3n) is 3.42. The minimum absolute atomic E-state index is 0.0306. The first-order chi connectivity index (χ1) is 8.61. The number of nitrogens with zero attached hydrogens (tertiary/aromatic N) is 1. The lowest BCUT2D eigenvalue weighted by Gasteiger charge is -2.20. The molecule has 0 saturated carbocycles. The lowest BCUT2D eigenvalue weighted by atomic mass is 10.1. The van der Waals surface area contributed by atoms with Crippen molar-refractivity contribution in [1.82, 2.24) is 0 Å². The Morgan fingerprint density at radius 1 is 1.56 bits per heavy atom. The second-order valence-electron chi connectivity index (χ2n) is 4.69. The highest BCUT2D eigenvalue weighted by Gasteiger charge is 2.23. The molecule has 4 N–H and O–H groups in total. The van der Waals surface area contributed by atoms with Crippen LogP contribution in [0.25, 0.3) is 0 Å². The molecule has 2 rings (SSSR count). The van der Waals surface area contributed by atoms with Crippen LogP contribution in [0, 0.1) is 11.3 Å². The van der Waals surface area contributed by atoms with E-state index in [1.807, 2.05) is 12.1 Å². The molecule has 1 unspecified atom stereocenters. The standard InChI is InChI=1S/C13H18ClN3O/c14-11-7-10(13(15)16)1-2-12(11)17-5-3-9(8-17)4-6-18/h1-2,7,9,18H,3-6,8H2,(H3,15,16). The number of anilines is 1. The van der Waals surface area contributed by atoms with E-state index in [1.54, 1.807) is 6.07 Å². The predicted octanol–water partition coefficient (Wildman–Crippen LogP) is 1.83. The van der Waals surface area contributed by atoms with Gasteiger partial charge in [-0.1, -0.05) is 11.6 Å². The van der Waals surface area contributed by atoms with Gasteiger partial charge in [-0.3, -0.25) is 5.41 Å². The van der Waals surface area contributed by atoms with Gasteiger partial charge in [0.15, 0.2) is 0 Å². The molecule has 1 aliphatic heterocycles. The van der Waals surface area contributed by atoms with Gasteiger partial charge in [0.1, 0.15) is 5.84 Å². The van der Waals surface area contributed by atoms with Crippen molar-refractivity contribution in [2.45, 2.75) is 12.8 Å². The predicted molar refractivity (Wildman–Crippen MR) is 74.5 cm³/mol. The molecule has 1 saturated heterocycles. The number of aliphatic hydroxyl groups excluding tert-OH is 1. The maximum Gasteiger partial charge on any atom is 0.122 e. The SMILES string of the molecule is N=C(N)c1ccc(N2CCC(CCO)C2)c(Cl)c1. The van der Waals surface area contributed by atoms with Crippen molar-refractivity contribution >= 4 is 23.1 Å². The summed E-state index contributed by atoms with van der Waals surface area (Å²) >= 11 is 6.24. The molecule has 0 bridgehead atoms. The number of hydrogen-bond acceptors (Lipinski definition) is 3. The number of nitrogen functional groups attached to an aromatic ring is 1. The average molecular weight is 268 g/mol. The van der Waals surface area contributed by atoms with E-state index in [1.165, 1.54) is 0 Å². The molecule has 1 heterocycles. The van der Waals surface area contributed by atoms with Crippen LogP contribution >= 0.6 is 11.6 Å². The average Bonchev–Trinajstić information content (AvgIpc) is 2.77. The fraction of sp³-hybridized carbons (Fsp3) is 0.462. The Hall–Kier alpha value is -1.26. The second-order valence-corrected chi connectivity index (χ2v) is 5.10. The monoisotopic (exact) mass is 267 g/mol. The Bertz CT molecular complexity index is 450. The molecular weight excluding hydrogens is 250 g/mol. The summed E-state index contributed by atoms with van der Waals surface area (Å²) in [6.45, 7) is 2.14. The van der Waals surface area contributed by atoms with Crippen molar-refractivity contribution in [2.75, 3.05) is 24.6 Å². The van der Waals surface area contributed by atoms with Crippen LogP contribution in [0.3, 0.4) is 0 Å². The zero-order chi connectivity index (χ0) is 13.1. The summed E-state index contributed by atoms with van der Waals surface area (Å²) in [4.78, 5) is 2.23. The number of benzene rings is 1. The lowest BCUT2D eigenvalue weighted by Crippen LogP contribution is -2.20. The molecule has 0 spiro atoms. The van der Waals surface area contributed by atoms with E-state index < -0.39 is 0 Å². The molecule has 1 aliphatic rings. The van der Waals surface area contributed by atoms with Crippen LogP contribution in [0.5, 0.6) is 0 Å². The molecule has 1 atom stereocenters. The molecular formula is C13H18ClN3O. The molecule has 5 heteroatoms. The zero-order valence-corrected chi connectivity index (χ0v) is 11.0. The summed E-state index contributed by atoms with van der Waals surface area (Å²) in [5.74, 6) is 0.571. The van der Waals surface area contributed by atoms with Crippen LogP contribution in [0.4, 0.5) is 5.69 Å². The number of rotatable bonds is 4. The lowest BCUT2D eigenvalue weighted by molar-refractivity contribution is 0.263. The smallest absolute Gasteiger partial charge is 0.122 e. The van der Waals surface area contributed by atoms with Crippen molar-refractivity contribution < 1.29 is 5.11 Å². The highest BCUT2D eigenvalue weighted by Crippen LogP contribution is 2.31. The van der Waals surface area contributed by atoms with Gasteiger partial charge in [0.25, 0.3) is 0 Å². The zero-order valence-electron chi connectivity index (χ0n) is 10.2. The molecule has 1 fully saturated rings. The number of nitrogens with two attached hydrogens (primary N) is 1. The van der Waals surface area contributed by atoms with Crippen molar-refractivity contribution in [3.05, 3.63) is 28.8 Å². The van der Waals surface area contributed by atoms with Crippen LogP contribution in [0.1, 0.15) is 18.4 Å². The Labute approximate surface area is 112 Å². The Kier molecular flexibility index (Phi) is 4.09. The minimum atomic E-state index is 0.0306. The Morgan fingerprint density at radius 2 is 2.33 bits per heavy atom. The quantitative estimate of drug-likeness (QED) is 0.576.